The second-order valence-electron chi connectivity index (χ2n) is 2.41. The topological polar surface area (TPSA) is 26.3 Å². The quantitative estimate of drug-likeness (QED) is 0.603. The van der Waals surface area contributed by atoms with Crippen molar-refractivity contribution in [2.75, 3.05) is 6.61 Å². The molecule has 70 valence electrons. The highest BCUT2D eigenvalue weighted by Crippen LogP contribution is 2.20. The second kappa shape index (κ2) is 4.97. The summed E-state index contributed by atoms with van der Waals surface area (Å²) in [7, 11) is 0. The minimum absolute atomic E-state index is 0.277. The fraction of sp³-hybridized carbons (Fsp3) is 0.222. The zero-order valence-corrected chi connectivity index (χ0v) is 8.38. The van der Waals surface area contributed by atoms with Crippen molar-refractivity contribution in [3.8, 4) is 5.75 Å². The molecule has 0 atom stereocenters. The third kappa shape index (κ3) is 3.55. The molecule has 0 aromatic heterocycles. The summed E-state index contributed by atoms with van der Waals surface area (Å²) in [4.78, 5) is 9.97. The van der Waals surface area contributed by atoms with Crippen LogP contribution in [0.5, 0.6) is 5.75 Å². The van der Waals surface area contributed by atoms with E-state index in [1.807, 2.05) is 0 Å². The molecule has 4 heteroatoms. The average Bonchev–Trinajstić information content (AvgIpc) is 2.03. The van der Waals surface area contributed by atoms with Gasteiger partial charge in [-0.15, -0.1) is 0 Å². The van der Waals surface area contributed by atoms with Gasteiger partial charge in [-0.25, -0.2) is 4.39 Å². The lowest BCUT2D eigenvalue weighted by Crippen LogP contribution is -1.97. The van der Waals surface area contributed by atoms with Gasteiger partial charge in [0, 0.05) is 17.0 Å². The van der Waals surface area contributed by atoms with Crippen LogP contribution in [0.15, 0.2) is 22.7 Å². The lowest BCUT2D eigenvalue weighted by Gasteiger charge is -2.04. The van der Waals surface area contributed by atoms with Gasteiger partial charge >= 0.3 is 0 Å². The fourth-order valence-corrected chi connectivity index (χ4v) is 1.28. The molecule has 13 heavy (non-hydrogen) atoms. The van der Waals surface area contributed by atoms with Gasteiger partial charge in [-0.1, -0.05) is 15.9 Å². The summed E-state index contributed by atoms with van der Waals surface area (Å²) in [5.41, 5.74) is 0. The van der Waals surface area contributed by atoms with Crippen LogP contribution in [0.4, 0.5) is 4.39 Å². The second-order valence-corrected chi connectivity index (χ2v) is 3.32. The van der Waals surface area contributed by atoms with Gasteiger partial charge < -0.3 is 9.53 Å². The molecule has 0 saturated carbocycles. The van der Waals surface area contributed by atoms with Crippen LogP contribution in [0.3, 0.4) is 0 Å². The molecule has 0 unspecified atom stereocenters. The highest BCUT2D eigenvalue weighted by molar-refractivity contribution is 9.10. The molecule has 0 saturated heterocycles. The molecule has 0 aliphatic carbocycles. The monoisotopic (exact) mass is 246 g/mol. The van der Waals surface area contributed by atoms with Gasteiger partial charge in [-0.05, 0) is 12.1 Å². The first-order valence-electron chi connectivity index (χ1n) is 3.75. The van der Waals surface area contributed by atoms with Crippen molar-refractivity contribution in [2.45, 2.75) is 6.42 Å². The molecule has 0 heterocycles. The summed E-state index contributed by atoms with van der Waals surface area (Å²) in [6, 6.07) is 4.26. The van der Waals surface area contributed by atoms with E-state index in [9.17, 15) is 9.18 Å². The van der Waals surface area contributed by atoms with E-state index in [4.69, 9.17) is 4.74 Å². The molecule has 2 nitrogen and oxygen atoms in total. The normalized spacial score (nSPS) is 9.69. The largest absolute Gasteiger partial charge is 0.493 e. The fourth-order valence-electron chi connectivity index (χ4n) is 0.837. The molecule has 0 N–H and O–H groups in total. The van der Waals surface area contributed by atoms with E-state index in [2.05, 4.69) is 15.9 Å². The van der Waals surface area contributed by atoms with E-state index in [1.165, 1.54) is 12.1 Å². The molecule has 0 aliphatic heterocycles. The van der Waals surface area contributed by atoms with E-state index in [0.717, 1.165) is 6.29 Å². The van der Waals surface area contributed by atoms with Crippen LogP contribution in [-0.2, 0) is 4.79 Å². The van der Waals surface area contributed by atoms with Crippen LogP contribution in [0.1, 0.15) is 6.42 Å². The van der Waals surface area contributed by atoms with Gasteiger partial charge in [0.15, 0.2) is 0 Å². The molecule has 0 aliphatic rings. The minimum atomic E-state index is -0.365. The first kappa shape index (κ1) is 10.2. The van der Waals surface area contributed by atoms with E-state index in [1.54, 1.807) is 6.07 Å². The summed E-state index contributed by atoms with van der Waals surface area (Å²) < 4.78 is 18.5. The molecule has 0 spiro atoms. The molecule has 1 aromatic carbocycles. The Bertz CT molecular complexity index is 281. The van der Waals surface area contributed by atoms with Crippen molar-refractivity contribution in [1.29, 1.82) is 0 Å². The minimum Gasteiger partial charge on any atom is -0.493 e. The number of benzene rings is 1. The van der Waals surface area contributed by atoms with Gasteiger partial charge in [0.05, 0.1) is 6.61 Å². The van der Waals surface area contributed by atoms with E-state index < -0.39 is 0 Å². The van der Waals surface area contributed by atoms with E-state index >= 15 is 0 Å². The van der Waals surface area contributed by atoms with Gasteiger partial charge in [0.2, 0.25) is 0 Å². The average molecular weight is 247 g/mol. The Hall–Kier alpha value is -0.900. The van der Waals surface area contributed by atoms with E-state index in [-0.39, 0.29) is 12.4 Å². The molecule has 0 radical (unpaired) electrons. The highest BCUT2D eigenvalue weighted by Gasteiger charge is 1.99. The maximum absolute atomic E-state index is 12.8. The summed E-state index contributed by atoms with van der Waals surface area (Å²) in [6.45, 7) is 0.277. The standard InChI is InChI=1S/C9H8BrFO2/c10-7-4-8(11)6-9(5-7)13-3-1-2-12/h2,4-6H,1,3H2. The first-order valence-corrected chi connectivity index (χ1v) is 4.54. The lowest BCUT2D eigenvalue weighted by atomic mass is 10.3. The maximum atomic E-state index is 12.8. The van der Waals surface area contributed by atoms with Crippen molar-refractivity contribution in [2.24, 2.45) is 0 Å². The summed E-state index contributed by atoms with van der Waals surface area (Å²) >= 11 is 3.13. The third-order valence-corrected chi connectivity index (χ3v) is 1.80. The van der Waals surface area contributed by atoms with Gasteiger partial charge in [-0.2, -0.15) is 0 Å². The van der Waals surface area contributed by atoms with Gasteiger partial charge in [0.1, 0.15) is 17.9 Å². The van der Waals surface area contributed by atoms with Crippen molar-refractivity contribution >= 4 is 22.2 Å². The summed E-state index contributed by atoms with van der Waals surface area (Å²) in [6.07, 6.45) is 1.07. The Morgan fingerprint density at radius 1 is 1.46 bits per heavy atom. The molecule has 0 bridgehead atoms. The van der Waals surface area contributed by atoms with Crippen molar-refractivity contribution in [3.63, 3.8) is 0 Å². The highest BCUT2D eigenvalue weighted by atomic mass is 79.9. The van der Waals surface area contributed by atoms with Crippen molar-refractivity contribution in [3.05, 3.63) is 28.5 Å². The SMILES string of the molecule is O=CCCOc1cc(F)cc(Br)c1. The Balaban J connectivity index is 2.60. The van der Waals surface area contributed by atoms with Crippen LogP contribution in [0.2, 0.25) is 0 Å². The number of hydrogen-bond donors (Lipinski definition) is 0. The smallest absolute Gasteiger partial charge is 0.128 e. The zero-order valence-electron chi connectivity index (χ0n) is 6.80. The van der Waals surface area contributed by atoms with E-state index in [0.29, 0.717) is 16.6 Å². The Kier molecular flexibility index (Phi) is 3.89. The van der Waals surface area contributed by atoms with Crippen LogP contribution in [0, 0.1) is 5.82 Å². The zero-order chi connectivity index (χ0) is 9.68. The number of ether oxygens (including phenoxy) is 1. The first-order chi connectivity index (χ1) is 6.22. The number of halogens is 2. The number of carbonyl (C=O) groups excluding carboxylic acids is 1. The van der Waals surface area contributed by atoms with Crippen LogP contribution < -0.4 is 4.74 Å². The molecular weight excluding hydrogens is 239 g/mol. The van der Waals surface area contributed by atoms with Crippen molar-refractivity contribution < 1.29 is 13.9 Å². The van der Waals surface area contributed by atoms with Crippen molar-refractivity contribution in [1.82, 2.24) is 0 Å². The predicted molar refractivity (Wildman–Crippen MR) is 50.3 cm³/mol. The number of aldehydes is 1. The number of carbonyl (C=O) groups is 1. The van der Waals surface area contributed by atoms with Crippen LogP contribution in [-0.4, -0.2) is 12.9 Å². The predicted octanol–water partition coefficient (Wildman–Crippen LogP) is 2.56. The summed E-state index contributed by atoms with van der Waals surface area (Å²) in [5, 5.41) is 0. The summed E-state index contributed by atoms with van der Waals surface area (Å²) in [5.74, 6) is 0.0594. The molecule has 1 rings (SSSR count). The van der Waals surface area contributed by atoms with Gasteiger partial charge in [-0.3, -0.25) is 0 Å². The maximum Gasteiger partial charge on any atom is 0.128 e. The number of rotatable bonds is 4. The Morgan fingerprint density at radius 2 is 2.23 bits per heavy atom. The Morgan fingerprint density at radius 3 is 2.85 bits per heavy atom. The molecule has 0 fully saturated rings. The number of hydrogen-bond acceptors (Lipinski definition) is 2. The lowest BCUT2D eigenvalue weighted by molar-refractivity contribution is -0.108. The molecule has 0 amide bonds. The third-order valence-electron chi connectivity index (χ3n) is 1.34. The van der Waals surface area contributed by atoms with Crippen LogP contribution in [0.25, 0.3) is 0 Å². The van der Waals surface area contributed by atoms with Crippen LogP contribution >= 0.6 is 15.9 Å². The molecule has 1 aromatic rings. The van der Waals surface area contributed by atoms with Gasteiger partial charge in [0.25, 0.3) is 0 Å². The molecular formula is C9H8BrFO2. The Labute approximate surface area is 83.8 Å².